The minimum Gasteiger partial charge on any atom is -0.464 e. The lowest BCUT2D eigenvalue weighted by Gasteiger charge is -2.15. The molecular formula is C16H21N3O2. The molecule has 0 unspecified atom stereocenters. The van der Waals surface area contributed by atoms with E-state index in [2.05, 4.69) is 12.0 Å². The summed E-state index contributed by atoms with van der Waals surface area (Å²) in [6, 6.07) is 4.01. The van der Waals surface area contributed by atoms with E-state index < -0.39 is 0 Å². The first-order chi connectivity index (χ1) is 9.97. The zero-order valence-corrected chi connectivity index (χ0v) is 13.0. The number of rotatable bonds is 4. The van der Waals surface area contributed by atoms with Crippen LogP contribution in [0.25, 0.3) is 0 Å². The molecule has 2 aromatic rings. The number of carbonyl (C=O) groups is 1. The van der Waals surface area contributed by atoms with Crippen molar-refractivity contribution in [1.82, 2.24) is 14.7 Å². The standard InChI is InChI=1S/C16H21N3O2/c1-10-7-13(10)15-6-5-12(21-15)9-18(3)16(20)14-8-17-19(4)11(14)2/h5-6,8,10,13H,7,9H2,1-4H3/t10-,13+/m0/s1. The predicted octanol–water partition coefficient (Wildman–Crippen LogP) is 2.72. The minimum atomic E-state index is -0.0293. The van der Waals surface area contributed by atoms with Crippen LogP contribution in [0, 0.1) is 12.8 Å². The van der Waals surface area contributed by atoms with E-state index >= 15 is 0 Å². The van der Waals surface area contributed by atoms with E-state index in [0.29, 0.717) is 18.0 Å². The molecule has 21 heavy (non-hydrogen) atoms. The molecule has 1 aliphatic carbocycles. The smallest absolute Gasteiger partial charge is 0.257 e. The van der Waals surface area contributed by atoms with Crippen molar-refractivity contribution in [2.24, 2.45) is 13.0 Å². The number of aryl methyl sites for hydroxylation is 1. The average molecular weight is 287 g/mol. The van der Waals surface area contributed by atoms with Crippen molar-refractivity contribution in [1.29, 1.82) is 0 Å². The molecule has 1 aliphatic rings. The molecular weight excluding hydrogens is 266 g/mol. The molecule has 0 bridgehead atoms. The Bertz CT molecular complexity index is 671. The summed E-state index contributed by atoms with van der Waals surface area (Å²) in [4.78, 5) is 14.1. The van der Waals surface area contributed by atoms with Gasteiger partial charge in [-0.05, 0) is 31.4 Å². The van der Waals surface area contributed by atoms with Gasteiger partial charge in [-0.1, -0.05) is 6.92 Å². The lowest BCUT2D eigenvalue weighted by molar-refractivity contribution is 0.0774. The second-order valence-corrected chi connectivity index (χ2v) is 6.05. The number of hydrogen-bond acceptors (Lipinski definition) is 3. The molecule has 2 atom stereocenters. The van der Waals surface area contributed by atoms with Crippen LogP contribution < -0.4 is 0 Å². The summed E-state index contributed by atoms with van der Waals surface area (Å²) in [7, 11) is 3.62. The number of nitrogens with zero attached hydrogens (tertiary/aromatic N) is 3. The van der Waals surface area contributed by atoms with E-state index in [1.165, 1.54) is 6.42 Å². The van der Waals surface area contributed by atoms with Gasteiger partial charge in [0.05, 0.1) is 18.3 Å². The molecule has 2 heterocycles. The fraction of sp³-hybridized carbons (Fsp3) is 0.500. The van der Waals surface area contributed by atoms with Gasteiger partial charge >= 0.3 is 0 Å². The van der Waals surface area contributed by atoms with Gasteiger partial charge in [0.15, 0.2) is 0 Å². The van der Waals surface area contributed by atoms with Crippen molar-refractivity contribution in [2.45, 2.75) is 32.7 Å². The van der Waals surface area contributed by atoms with Crippen LogP contribution in [0.3, 0.4) is 0 Å². The highest BCUT2D eigenvalue weighted by atomic mass is 16.3. The molecule has 2 aromatic heterocycles. The third kappa shape index (κ3) is 2.60. The fourth-order valence-corrected chi connectivity index (χ4v) is 2.62. The maximum Gasteiger partial charge on any atom is 0.257 e. The maximum atomic E-state index is 12.4. The summed E-state index contributed by atoms with van der Waals surface area (Å²) in [5.41, 5.74) is 1.52. The first-order valence-corrected chi connectivity index (χ1v) is 7.30. The van der Waals surface area contributed by atoms with Crippen molar-refractivity contribution < 1.29 is 9.21 Å². The first-order valence-electron chi connectivity index (χ1n) is 7.30. The van der Waals surface area contributed by atoms with Gasteiger partial charge in [0, 0.05) is 25.7 Å². The van der Waals surface area contributed by atoms with Crippen LogP contribution in [0.15, 0.2) is 22.7 Å². The lowest BCUT2D eigenvalue weighted by atomic mass is 10.2. The van der Waals surface area contributed by atoms with Gasteiger partial charge < -0.3 is 9.32 Å². The molecule has 0 radical (unpaired) electrons. The number of furan rings is 1. The molecule has 0 aromatic carbocycles. The van der Waals surface area contributed by atoms with Gasteiger partial charge in [-0.25, -0.2) is 0 Å². The van der Waals surface area contributed by atoms with Crippen LogP contribution in [0.1, 0.15) is 46.8 Å². The van der Waals surface area contributed by atoms with E-state index in [4.69, 9.17) is 4.42 Å². The monoisotopic (exact) mass is 287 g/mol. The Labute approximate surface area is 124 Å². The summed E-state index contributed by atoms with van der Waals surface area (Å²) in [5, 5.41) is 4.12. The molecule has 0 N–H and O–H groups in total. The Morgan fingerprint density at radius 2 is 2.24 bits per heavy atom. The number of hydrogen-bond donors (Lipinski definition) is 0. The topological polar surface area (TPSA) is 51.3 Å². The van der Waals surface area contributed by atoms with Crippen molar-refractivity contribution in [2.75, 3.05) is 7.05 Å². The fourth-order valence-electron chi connectivity index (χ4n) is 2.62. The molecule has 5 nitrogen and oxygen atoms in total. The summed E-state index contributed by atoms with van der Waals surface area (Å²) < 4.78 is 7.56. The molecule has 112 valence electrons. The van der Waals surface area contributed by atoms with Crippen LogP contribution >= 0.6 is 0 Å². The molecule has 1 saturated carbocycles. The van der Waals surface area contributed by atoms with E-state index in [9.17, 15) is 4.79 Å². The van der Waals surface area contributed by atoms with Gasteiger partial charge in [-0.15, -0.1) is 0 Å². The Morgan fingerprint density at radius 1 is 1.52 bits per heavy atom. The molecule has 5 heteroatoms. The summed E-state index contributed by atoms with van der Waals surface area (Å²) >= 11 is 0. The number of aromatic nitrogens is 2. The number of amides is 1. The second-order valence-electron chi connectivity index (χ2n) is 6.05. The molecule has 1 fully saturated rings. The summed E-state index contributed by atoms with van der Waals surface area (Å²) in [6.07, 6.45) is 2.82. The molecule has 0 spiro atoms. The number of carbonyl (C=O) groups excluding carboxylic acids is 1. The van der Waals surface area contributed by atoms with Crippen molar-refractivity contribution in [3.8, 4) is 0 Å². The zero-order valence-electron chi connectivity index (χ0n) is 13.0. The van der Waals surface area contributed by atoms with Gasteiger partial charge in [-0.3, -0.25) is 9.48 Å². The van der Waals surface area contributed by atoms with E-state index in [1.54, 1.807) is 22.8 Å². The highest BCUT2D eigenvalue weighted by molar-refractivity contribution is 5.94. The van der Waals surface area contributed by atoms with Gasteiger partial charge in [0.25, 0.3) is 5.91 Å². The van der Waals surface area contributed by atoms with Crippen LogP contribution in [-0.2, 0) is 13.6 Å². The molecule has 1 amide bonds. The predicted molar refractivity (Wildman–Crippen MR) is 79.0 cm³/mol. The quantitative estimate of drug-likeness (QED) is 0.868. The average Bonchev–Trinajstić information content (AvgIpc) is 2.85. The van der Waals surface area contributed by atoms with E-state index in [0.717, 1.165) is 23.1 Å². The van der Waals surface area contributed by atoms with E-state index in [-0.39, 0.29) is 5.91 Å². The Balaban J connectivity index is 1.68. The SMILES string of the molecule is Cc1c(C(=O)N(C)Cc2ccc([C@@H]3C[C@@H]3C)o2)cnn1C. The van der Waals surface area contributed by atoms with Crippen molar-refractivity contribution in [3.05, 3.63) is 41.1 Å². The third-order valence-corrected chi connectivity index (χ3v) is 4.36. The van der Waals surface area contributed by atoms with Crippen molar-refractivity contribution >= 4 is 5.91 Å². The third-order valence-electron chi connectivity index (χ3n) is 4.36. The molecule has 3 rings (SSSR count). The zero-order chi connectivity index (χ0) is 15.1. The Hall–Kier alpha value is -2.04. The highest BCUT2D eigenvalue weighted by Gasteiger charge is 2.36. The normalized spacial score (nSPS) is 20.6. The minimum absolute atomic E-state index is 0.0293. The Kier molecular flexibility index (Phi) is 3.35. The second kappa shape index (κ2) is 5.06. The summed E-state index contributed by atoms with van der Waals surface area (Å²) in [5.74, 6) is 3.15. The lowest BCUT2D eigenvalue weighted by Crippen LogP contribution is -2.26. The van der Waals surface area contributed by atoms with Crippen molar-refractivity contribution in [3.63, 3.8) is 0 Å². The highest BCUT2D eigenvalue weighted by Crippen LogP contribution is 2.47. The van der Waals surface area contributed by atoms with Gasteiger partial charge in [0.1, 0.15) is 11.5 Å². The maximum absolute atomic E-state index is 12.4. The van der Waals surface area contributed by atoms with Gasteiger partial charge in [-0.2, -0.15) is 5.10 Å². The molecule has 0 saturated heterocycles. The Morgan fingerprint density at radius 3 is 2.81 bits per heavy atom. The van der Waals surface area contributed by atoms with Crippen LogP contribution in [0.5, 0.6) is 0 Å². The summed E-state index contributed by atoms with van der Waals surface area (Å²) in [6.45, 7) is 4.61. The molecule has 0 aliphatic heterocycles. The van der Waals surface area contributed by atoms with Crippen LogP contribution in [-0.4, -0.2) is 27.6 Å². The van der Waals surface area contributed by atoms with Crippen LogP contribution in [0.2, 0.25) is 0 Å². The van der Waals surface area contributed by atoms with Gasteiger partial charge in [0.2, 0.25) is 0 Å². The van der Waals surface area contributed by atoms with Crippen LogP contribution in [0.4, 0.5) is 0 Å². The largest absolute Gasteiger partial charge is 0.464 e. The van der Waals surface area contributed by atoms with E-state index in [1.807, 2.05) is 26.1 Å². The first kappa shape index (κ1) is 13.9.